The summed E-state index contributed by atoms with van der Waals surface area (Å²) in [6, 6.07) is 4.25. The monoisotopic (exact) mass is 204 g/mol. The Kier molecular flexibility index (Phi) is 3.67. The molecule has 0 bridgehead atoms. The molecule has 1 aromatic rings. The first-order valence-corrected chi connectivity index (χ1v) is 5.57. The molecule has 0 fully saturated rings. The van der Waals surface area contributed by atoms with Crippen molar-refractivity contribution in [1.29, 1.82) is 0 Å². The molecule has 0 heterocycles. The maximum Gasteiger partial charge on any atom is 0.150 e. The topological polar surface area (TPSA) is 17.1 Å². The molecule has 15 heavy (non-hydrogen) atoms. The smallest absolute Gasteiger partial charge is 0.150 e. The van der Waals surface area contributed by atoms with Gasteiger partial charge in [-0.2, -0.15) is 0 Å². The van der Waals surface area contributed by atoms with E-state index in [9.17, 15) is 4.79 Å². The molecule has 0 saturated carbocycles. The number of rotatable bonds is 3. The minimum atomic E-state index is 0.405. The van der Waals surface area contributed by atoms with Crippen LogP contribution in [0.25, 0.3) is 0 Å². The van der Waals surface area contributed by atoms with Crippen LogP contribution in [0.2, 0.25) is 0 Å². The second kappa shape index (κ2) is 4.61. The Labute approximate surface area is 92.5 Å². The minimum Gasteiger partial charge on any atom is -0.298 e. The number of carbonyl (C=O) groups is 1. The molecule has 0 radical (unpaired) electrons. The van der Waals surface area contributed by atoms with Crippen molar-refractivity contribution in [1.82, 2.24) is 0 Å². The fourth-order valence-electron chi connectivity index (χ4n) is 1.95. The van der Waals surface area contributed by atoms with E-state index in [4.69, 9.17) is 0 Å². The fourth-order valence-corrected chi connectivity index (χ4v) is 1.95. The van der Waals surface area contributed by atoms with Crippen molar-refractivity contribution in [3.8, 4) is 0 Å². The average Bonchev–Trinajstić information content (AvgIpc) is 2.16. The second-order valence-corrected chi connectivity index (χ2v) is 4.78. The van der Waals surface area contributed by atoms with Crippen molar-refractivity contribution < 1.29 is 4.79 Å². The maximum atomic E-state index is 11.2. The minimum absolute atomic E-state index is 0.405. The van der Waals surface area contributed by atoms with E-state index in [-0.39, 0.29) is 0 Å². The summed E-state index contributed by atoms with van der Waals surface area (Å²) in [5.74, 6) is 0.810. The van der Waals surface area contributed by atoms with Crippen LogP contribution in [-0.2, 0) is 0 Å². The lowest BCUT2D eigenvalue weighted by atomic mass is 9.87. The Morgan fingerprint density at radius 1 is 1.00 bits per heavy atom. The zero-order chi connectivity index (χ0) is 11.6. The normalized spacial score (nSPS) is 11.1. The van der Waals surface area contributed by atoms with Gasteiger partial charge in [-0.3, -0.25) is 4.79 Å². The number of hydrogen-bond acceptors (Lipinski definition) is 1. The first-order chi connectivity index (χ1) is 6.97. The second-order valence-electron chi connectivity index (χ2n) is 4.78. The van der Waals surface area contributed by atoms with Crippen LogP contribution < -0.4 is 0 Å². The molecule has 0 atom stereocenters. The van der Waals surface area contributed by atoms with Crippen LogP contribution in [0.3, 0.4) is 0 Å². The largest absolute Gasteiger partial charge is 0.298 e. The lowest BCUT2D eigenvalue weighted by molar-refractivity contribution is 0.112. The Bertz CT molecular complexity index is 333. The summed E-state index contributed by atoms with van der Waals surface area (Å²) in [5, 5.41) is 0. The first-order valence-electron chi connectivity index (χ1n) is 5.57. The van der Waals surface area contributed by atoms with Gasteiger partial charge in [0, 0.05) is 5.56 Å². The van der Waals surface area contributed by atoms with Crippen molar-refractivity contribution in [2.24, 2.45) is 0 Å². The van der Waals surface area contributed by atoms with Gasteiger partial charge in [-0.15, -0.1) is 0 Å². The summed E-state index contributed by atoms with van der Waals surface area (Å²) >= 11 is 0. The van der Waals surface area contributed by atoms with Gasteiger partial charge in [0.25, 0.3) is 0 Å². The van der Waals surface area contributed by atoms with Crippen molar-refractivity contribution >= 4 is 6.29 Å². The van der Waals surface area contributed by atoms with Crippen LogP contribution in [0, 0.1) is 6.92 Å². The Balaban J connectivity index is 3.45. The molecule has 1 aromatic carbocycles. The van der Waals surface area contributed by atoms with Crippen molar-refractivity contribution in [2.75, 3.05) is 0 Å². The van der Waals surface area contributed by atoms with Crippen molar-refractivity contribution in [3.05, 3.63) is 34.4 Å². The van der Waals surface area contributed by atoms with Gasteiger partial charge in [0.1, 0.15) is 0 Å². The number of benzene rings is 1. The SMILES string of the molecule is Cc1cc(C(C)C)c(C=O)c(C(C)C)c1. The molecule has 1 rings (SSSR count). The quantitative estimate of drug-likeness (QED) is 0.679. The van der Waals surface area contributed by atoms with Crippen LogP contribution in [0.15, 0.2) is 12.1 Å². The summed E-state index contributed by atoms with van der Waals surface area (Å²) in [5.41, 5.74) is 4.49. The lowest BCUT2D eigenvalue weighted by Gasteiger charge is -2.17. The summed E-state index contributed by atoms with van der Waals surface area (Å²) < 4.78 is 0. The van der Waals surface area contributed by atoms with Gasteiger partial charge in [-0.1, -0.05) is 45.4 Å². The highest BCUT2D eigenvalue weighted by atomic mass is 16.1. The number of carbonyl (C=O) groups excluding carboxylic acids is 1. The summed E-state index contributed by atoms with van der Waals surface area (Å²) in [6.45, 7) is 10.6. The summed E-state index contributed by atoms with van der Waals surface area (Å²) in [6.07, 6.45) is 1.00. The highest BCUT2D eigenvalue weighted by molar-refractivity contribution is 5.80. The molecule has 1 heteroatoms. The number of aldehydes is 1. The standard InChI is InChI=1S/C14H20O/c1-9(2)12-6-11(5)7-13(10(3)4)14(12)8-15/h6-10H,1-5H3. The summed E-state index contributed by atoms with van der Waals surface area (Å²) in [7, 11) is 0. The van der Waals surface area contributed by atoms with E-state index in [1.165, 1.54) is 16.7 Å². The van der Waals surface area contributed by atoms with E-state index < -0.39 is 0 Å². The van der Waals surface area contributed by atoms with E-state index >= 15 is 0 Å². The van der Waals surface area contributed by atoms with E-state index in [2.05, 4.69) is 46.8 Å². The molecule has 0 saturated heterocycles. The lowest BCUT2D eigenvalue weighted by Crippen LogP contribution is -2.03. The number of aryl methyl sites for hydroxylation is 1. The molecule has 0 aliphatic rings. The Morgan fingerprint density at radius 3 is 1.67 bits per heavy atom. The fraction of sp³-hybridized carbons (Fsp3) is 0.500. The van der Waals surface area contributed by atoms with Crippen LogP contribution in [0.1, 0.15) is 66.6 Å². The molecular formula is C14H20O. The van der Waals surface area contributed by atoms with Gasteiger partial charge >= 0.3 is 0 Å². The Hall–Kier alpha value is -1.11. The number of hydrogen-bond donors (Lipinski definition) is 0. The molecule has 0 spiro atoms. The maximum absolute atomic E-state index is 11.2. The molecule has 0 amide bonds. The van der Waals surface area contributed by atoms with E-state index in [1.54, 1.807) is 0 Å². The van der Waals surface area contributed by atoms with E-state index in [0.717, 1.165) is 11.8 Å². The van der Waals surface area contributed by atoms with Crippen LogP contribution in [0.5, 0.6) is 0 Å². The van der Waals surface area contributed by atoms with Gasteiger partial charge in [0.2, 0.25) is 0 Å². The highest BCUT2D eigenvalue weighted by Gasteiger charge is 2.13. The summed E-state index contributed by atoms with van der Waals surface area (Å²) in [4.78, 5) is 11.2. The molecule has 1 nitrogen and oxygen atoms in total. The molecular weight excluding hydrogens is 184 g/mol. The predicted octanol–water partition coefficient (Wildman–Crippen LogP) is 4.05. The molecule has 82 valence electrons. The molecule has 0 aromatic heterocycles. The van der Waals surface area contributed by atoms with Crippen LogP contribution >= 0.6 is 0 Å². The molecule has 0 unspecified atom stereocenters. The average molecular weight is 204 g/mol. The highest BCUT2D eigenvalue weighted by Crippen LogP contribution is 2.27. The zero-order valence-corrected chi connectivity index (χ0v) is 10.3. The van der Waals surface area contributed by atoms with Gasteiger partial charge < -0.3 is 0 Å². The molecule has 0 aliphatic heterocycles. The van der Waals surface area contributed by atoms with E-state index in [0.29, 0.717) is 11.8 Å². The van der Waals surface area contributed by atoms with Gasteiger partial charge in [0.05, 0.1) is 0 Å². The predicted molar refractivity (Wildman–Crippen MR) is 64.7 cm³/mol. The van der Waals surface area contributed by atoms with Crippen LogP contribution in [0.4, 0.5) is 0 Å². The third-order valence-electron chi connectivity index (χ3n) is 2.75. The van der Waals surface area contributed by atoms with Crippen LogP contribution in [-0.4, -0.2) is 6.29 Å². The zero-order valence-electron chi connectivity index (χ0n) is 10.3. The molecule has 0 N–H and O–H groups in total. The van der Waals surface area contributed by atoms with Crippen molar-refractivity contribution in [2.45, 2.75) is 46.5 Å². The van der Waals surface area contributed by atoms with Gasteiger partial charge in [-0.25, -0.2) is 0 Å². The van der Waals surface area contributed by atoms with Gasteiger partial charge in [-0.05, 0) is 29.9 Å². The van der Waals surface area contributed by atoms with E-state index in [1.807, 2.05) is 0 Å². The Morgan fingerprint density at radius 2 is 1.40 bits per heavy atom. The van der Waals surface area contributed by atoms with Gasteiger partial charge in [0.15, 0.2) is 6.29 Å². The third-order valence-corrected chi connectivity index (χ3v) is 2.75. The first kappa shape index (κ1) is 12.0. The van der Waals surface area contributed by atoms with Crippen molar-refractivity contribution in [3.63, 3.8) is 0 Å². The molecule has 0 aliphatic carbocycles. The third kappa shape index (κ3) is 2.47.